The Morgan fingerprint density at radius 1 is 1.37 bits per heavy atom. The van der Waals surface area contributed by atoms with Gasteiger partial charge in [-0.05, 0) is 44.5 Å². The van der Waals surface area contributed by atoms with Crippen LogP contribution in [0.4, 0.5) is 5.82 Å². The van der Waals surface area contributed by atoms with E-state index < -0.39 is 0 Å². The Labute approximate surface area is 120 Å². The summed E-state index contributed by atoms with van der Waals surface area (Å²) in [4.78, 5) is 11.0. The van der Waals surface area contributed by atoms with Gasteiger partial charge in [0.15, 0.2) is 0 Å². The average molecular weight is 280 g/mol. The molecule has 0 aliphatic carbocycles. The molecular formula is C14H24N4S. The zero-order valence-electron chi connectivity index (χ0n) is 11.9. The second-order valence-electron chi connectivity index (χ2n) is 5.05. The van der Waals surface area contributed by atoms with Crippen molar-refractivity contribution in [2.75, 3.05) is 37.3 Å². The second kappa shape index (κ2) is 7.70. The summed E-state index contributed by atoms with van der Waals surface area (Å²) < 4.78 is 0. The van der Waals surface area contributed by atoms with E-state index >= 15 is 0 Å². The number of nitrogens with one attached hydrogen (secondary N) is 1. The summed E-state index contributed by atoms with van der Waals surface area (Å²) in [5.41, 5.74) is 0. The van der Waals surface area contributed by atoms with Gasteiger partial charge < -0.3 is 10.2 Å². The van der Waals surface area contributed by atoms with Crippen molar-refractivity contribution in [3.05, 3.63) is 12.4 Å². The molecule has 0 radical (unpaired) electrons. The fourth-order valence-corrected chi connectivity index (χ4v) is 2.84. The number of rotatable bonds is 6. The Hall–Kier alpha value is -0.810. The average Bonchev–Trinajstić information content (AvgIpc) is 2.48. The fraction of sp³-hybridized carbons (Fsp3) is 0.714. The summed E-state index contributed by atoms with van der Waals surface area (Å²) in [5.74, 6) is 1.91. The number of hydrogen-bond acceptors (Lipinski definition) is 5. The number of aromatic nitrogens is 2. The predicted molar refractivity (Wildman–Crippen MR) is 81.9 cm³/mol. The minimum absolute atomic E-state index is 0.824. The lowest BCUT2D eigenvalue weighted by molar-refractivity contribution is 0.382. The number of anilines is 1. The Kier molecular flexibility index (Phi) is 5.92. The molecule has 19 heavy (non-hydrogen) atoms. The molecule has 1 aromatic heterocycles. The third-order valence-electron chi connectivity index (χ3n) is 3.64. The maximum absolute atomic E-state index is 4.40. The monoisotopic (exact) mass is 280 g/mol. The minimum atomic E-state index is 0.824. The van der Waals surface area contributed by atoms with E-state index in [9.17, 15) is 0 Å². The maximum atomic E-state index is 4.40. The van der Waals surface area contributed by atoms with E-state index in [4.69, 9.17) is 0 Å². The standard InChI is InChI=1S/C14H24N4S/c1-3-6-15-10-12-4-7-18(8-5-12)13-9-14(19-2)17-11-16-13/h9,11-12,15H,3-8,10H2,1-2H3. The smallest absolute Gasteiger partial charge is 0.133 e. The normalized spacial score (nSPS) is 16.8. The van der Waals surface area contributed by atoms with Gasteiger partial charge in [-0.2, -0.15) is 0 Å². The lowest BCUT2D eigenvalue weighted by Crippen LogP contribution is -2.37. The largest absolute Gasteiger partial charge is 0.356 e. The number of piperidine rings is 1. The Bertz CT molecular complexity index is 377. The van der Waals surface area contributed by atoms with Crippen LogP contribution in [-0.4, -0.2) is 42.4 Å². The summed E-state index contributed by atoms with van der Waals surface area (Å²) in [7, 11) is 0. The first-order valence-electron chi connectivity index (χ1n) is 7.15. The summed E-state index contributed by atoms with van der Waals surface area (Å²) in [6, 6.07) is 2.10. The molecular weight excluding hydrogens is 256 g/mol. The molecule has 5 heteroatoms. The van der Waals surface area contributed by atoms with Crippen molar-refractivity contribution >= 4 is 17.6 Å². The van der Waals surface area contributed by atoms with E-state index in [0.717, 1.165) is 36.4 Å². The van der Waals surface area contributed by atoms with Gasteiger partial charge in [-0.3, -0.25) is 0 Å². The van der Waals surface area contributed by atoms with Gasteiger partial charge in [0.1, 0.15) is 17.2 Å². The summed E-state index contributed by atoms with van der Waals surface area (Å²) in [5, 5.41) is 4.58. The first kappa shape index (κ1) is 14.6. The highest BCUT2D eigenvalue weighted by Crippen LogP contribution is 2.23. The van der Waals surface area contributed by atoms with Gasteiger partial charge in [-0.25, -0.2) is 9.97 Å². The molecule has 2 heterocycles. The predicted octanol–water partition coefficient (Wildman–Crippen LogP) is 2.41. The lowest BCUT2D eigenvalue weighted by Gasteiger charge is -2.33. The quantitative estimate of drug-likeness (QED) is 0.492. The van der Waals surface area contributed by atoms with Gasteiger partial charge in [0.25, 0.3) is 0 Å². The maximum Gasteiger partial charge on any atom is 0.133 e. The van der Waals surface area contributed by atoms with Crippen molar-refractivity contribution in [2.45, 2.75) is 31.2 Å². The van der Waals surface area contributed by atoms with Crippen molar-refractivity contribution in [1.29, 1.82) is 0 Å². The van der Waals surface area contributed by atoms with Crippen LogP contribution >= 0.6 is 11.8 Å². The van der Waals surface area contributed by atoms with Gasteiger partial charge in [0, 0.05) is 19.2 Å². The number of nitrogens with zero attached hydrogens (tertiary/aromatic N) is 3. The van der Waals surface area contributed by atoms with Crippen LogP contribution in [0.25, 0.3) is 0 Å². The van der Waals surface area contributed by atoms with Crippen LogP contribution in [-0.2, 0) is 0 Å². The molecule has 1 N–H and O–H groups in total. The second-order valence-corrected chi connectivity index (χ2v) is 5.88. The molecule has 4 nitrogen and oxygen atoms in total. The highest BCUT2D eigenvalue weighted by molar-refractivity contribution is 7.98. The zero-order chi connectivity index (χ0) is 13.5. The summed E-state index contributed by atoms with van der Waals surface area (Å²) >= 11 is 1.67. The molecule has 0 unspecified atom stereocenters. The van der Waals surface area contributed by atoms with Gasteiger partial charge in [0.2, 0.25) is 0 Å². The zero-order valence-corrected chi connectivity index (χ0v) is 12.7. The van der Waals surface area contributed by atoms with E-state index in [-0.39, 0.29) is 0 Å². The first-order valence-corrected chi connectivity index (χ1v) is 8.37. The van der Waals surface area contributed by atoms with Crippen LogP contribution in [0.5, 0.6) is 0 Å². The van der Waals surface area contributed by atoms with Crippen LogP contribution < -0.4 is 10.2 Å². The number of hydrogen-bond donors (Lipinski definition) is 1. The molecule has 0 saturated carbocycles. The highest BCUT2D eigenvalue weighted by Gasteiger charge is 2.19. The van der Waals surface area contributed by atoms with Gasteiger partial charge in [-0.15, -0.1) is 11.8 Å². The van der Waals surface area contributed by atoms with E-state index in [0.29, 0.717) is 0 Å². The molecule has 0 bridgehead atoms. The van der Waals surface area contributed by atoms with Gasteiger partial charge in [0.05, 0.1) is 0 Å². The molecule has 0 spiro atoms. The Morgan fingerprint density at radius 2 is 2.16 bits per heavy atom. The molecule has 1 aromatic rings. The van der Waals surface area contributed by atoms with Crippen LogP contribution in [0.1, 0.15) is 26.2 Å². The van der Waals surface area contributed by atoms with Crippen molar-refractivity contribution in [3.8, 4) is 0 Å². The SMILES string of the molecule is CCCNCC1CCN(c2cc(SC)ncn2)CC1. The molecule has 1 aliphatic rings. The highest BCUT2D eigenvalue weighted by atomic mass is 32.2. The molecule has 1 saturated heterocycles. The van der Waals surface area contributed by atoms with Crippen molar-refractivity contribution in [3.63, 3.8) is 0 Å². The third-order valence-corrected chi connectivity index (χ3v) is 4.28. The third kappa shape index (κ3) is 4.35. The topological polar surface area (TPSA) is 41.0 Å². The van der Waals surface area contributed by atoms with Gasteiger partial charge >= 0.3 is 0 Å². The molecule has 0 amide bonds. The van der Waals surface area contributed by atoms with E-state index in [2.05, 4.69) is 39.4 Å². The van der Waals surface area contributed by atoms with Gasteiger partial charge in [-0.1, -0.05) is 6.92 Å². The Balaban J connectivity index is 1.82. The molecule has 2 rings (SSSR count). The molecule has 0 aromatic carbocycles. The van der Waals surface area contributed by atoms with E-state index in [1.165, 1.54) is 25.8 Å². The molecule has 1 aliphatic heterocycles. The molecule has 1 fully saturated rings. The summed E-state index contributed by atoms with van der Waals surface area (Å²) in [6.07, 6.45) is 7.47. The van der Waals surface area contributed by atoms with Crippen LogP contribution in [0, 0.1) is 5.92 Å². The van der Waals surface area contributed by atoms with E-state index in [1.807, 2.05) is 0 Å². The summed E-state index contributed by atoms with van der Waals surface area (Å²) in [6.45, 7) is 6.76. The van der Waals surface area contributed by atoms with Crippen LogP contribution in [0.3, 0.4) is 0 Å². The van der Waals surface area contributed by atoms with Crippen LogP contribution in [0.15, 0.2) is 17.4 Å². The lowest BCUT2D eigenvalue weighted by atomic mass is 9.97. The fourth-order valence-electron chi connectivity index (χ4n) is 2.46. The molecule has 0 atom stereocenters. The van der Waals surface area contributed by atoms with E-state index in [1.54, 1.807) is 18.1 Å². The number of thioether (sulfide) groups is 1. The van der Waals surface area contributed by atoms with Crippen LogP contribution in [0.2, 0.25) is 0 Å². The Morgan fingerprint density at radius 3 is 2.84 bits per heavy atom. The van der Waals surface area contributed by atoms with Crippen molar-refractivity contribution in [1.82, 2.24) is 15.3 Å². The minimum Gasteiger partial charge on any atom is -0.356 e. The molecule has 106 valence electrons. The van der Waals surface area contributed by atoms with Crippen molar-refractivity contribution in [2.24, 2.45) is 5.92 Å². The first-order chi connectivity index (χ1) is 9.33. The van der Waals surface area contributed by atoms with Crippen molar-refractivity contribution < 1.29 is 0 Å².